The van der Waals surface area contributed by atoms with Crippen molar-refractivity contribution >= 4 is 0 Å². The first kappa shape index (κ1) is 13.9. The summed E-state index contributed by atoms with van der Waals surface area (Å²) in [5.74, 6) is 2.14. The van der Waals surface area contributed by atoms with Crippen molar-refractivity contribution in [1.82, 2.24) is 24.8 Å². The molecular weight excluding hydrogens is 282 g/mol. The second-order valence-corrected chi connectivity index (χ2v) is 6.29. The Morgan fingerprint density at radius 2 is 2.27 bits per heavy atom. The molecular formula is C15H21N5O2. The maximum Gasteiger partial charge on any atom is 0.240 e. The summed E-state index contributed by atoms with van der Waals surface area (Å²) >= 11 is 0. The number of hydrogen-bond acceptors (Lipinski definition) is 6. The summed E-state index contributed by atoms with van der Waals surface area (Å²) in [5.41, 5.74) is 1.17. The standard InChI is InChI=1S/C15H21N5O2/c1-11-6-16-20(7-11)9-13-8-19(4-5-21-13)10-14-17-15(18-22-14)12-2-3-12/h6-7,12-13H,2-5,8-10H2,1H3/t13-/m0/s1. The van der Waals surface area contributed by atoms with Gasteiger partial charge in [-0.2, -0.15) is 10.1 Å². The van der Waals surface area contributed by atoms with Crippen molar-refractivity contribution in [2.45, 2.75) is 44.9 Å². The number of hydrogen-bond donors (Lipinski definition) is 0. The molecule has 1 saturated heterocycles. The quantitative estimate of drug-likeness (QED) is 0.830. The molecule has 7 nitrogen and oxygen atoms in total. The molecule has 1 atom stereocenters. The van der Waals surface area contributed by atoms with Crippen molar-refractivity contribution in [3.8, 4) is 0 Å². The molecule has 0 spiro atoms. The van der Waals surface area contributed by atoms with E-state index in [2.05, 4.69) is 20.1 Å². The average molecular weight is 303 g/mol. The molecule has 0 N–H and O–H groups in total. The predicted octanol–water partition coefficient (Wildman–Crippen LogP) is 1.35. The van der Waals surface area contributed by atoms with Crippen LogP contribution < -0.4 is 0 Å². The third kappa shape index (κ3) is 3.20. The van der Waals surface area contributed by atoms with Crippen molar-refractivity contribution in [3.05, 3.63) is 29.7 Å². The summed E-state index contributed by atoms with van der Waals surface area (Å²) in [4.78, 5) is 6.82. The van der Waals surface area contributed by atoms with E-state index < -0.39 is 0 Å². The van der Waals surface area contributed by atoms with Crippen LogP contribution in [0.3, 0.4) is 0 Å². The van der Waals surface area contributed by atoms with E-state index in [0.717, 1.165) is 38.0 Å². The van der Waals surface area contributed by atoms with Crippen molar-refractivity contribution < 1.29 is 9.26 Å². The molecule has 2 aromatic heterocycles. The highest BCUT2D eigenvalue weighted by atomic mass is 16.5. The minimum Gasteiger partial charge on any atom is -0.374 e. The van der Waals surface area contributed by atoms with Gasteiger partial charge in [-0.1, -0.05) is 5.16 Å². The maximum absolute atomic E-state index is 5.84. The van der Waals surface area contributed by atoms with Crippen molar-refractivity contribution in [2.24, 2.45) is 0 Å². The van der Waals surface area contributed by atoms with Crippen LogP contribution >= 0.6 is 0 Å². The van der Waals surface area contributed by atoms with Gasteiger partial charge in [0.25, 0.3) is 0 Å². The fourth-order valence-electron chi connectivity index (χ4n) is 2.84. The van der Waals surface area contributed by atoms with Gasteiger partial charge in [0.05, 0.1) is 32.0 Å². The van der Waals surface area contributed by atoms with Gasteiger partial charge in [0.15, 0.2) is 5.82 Å². The number of morpholine rings is 1. The van der Waals surface area contributed by atoms with Crippen LogP contribution in [-0.2, 0) is 17.8 Å². The monoisotopic (exact) mass is 303 g/mol. The first-order valence-electron chi connectivity index (χ1n) is 7.92. The molecule has 1 aliphatic heterocycles. The molecule has 0 unspecified atom stereocenters. The lowest BCUT2D eigenvalue weighted by Crippen LogP contribution is -2.43. The Morgan fingerprint density at radius 3 is 3.05 bits per heavy atom. The smallest absolute Gasteiger partial charge is 0.240 e. The highest BCUT2D eigenvalue weighted by molar-refractivity contribution is 5.03. The number of rotatable bonds is 5. The van der Waals surface area contributed by atoms with Gasteiger partial charge >= 0.3 is 0 Å². The summed E-state index contributed by atoms with van der Waals surface area (Å²) in [6, 6.07) is 0. The Morgan fingerprint density at radius 1 is 1.36 bits per heavy atom. The number of aryl methyl sites for hydroxylation is 1. The molecule has 118 valence electrons. The van der Waals surface area contributed by atoms with Gasteiger partial charge in [-0.15, -0.1) is 0 Å². The summed E-state index contributed by atoms with van der Waals surface area (Å²) in [7, 11) is 0. The van der Waals surface area contributed by atoms with Crippen LogP contribution in [0.2, 0.25) is 0 Å². The highest BCUT2D eigenvalue weighted by Gasteiger charge is 2.29. The summed E-state index contributed by atoms with van der Waals surface area (Å²) < 4.78 is 13.2. The van der Waals surface area contributed by atoms with E-state index in [0.29, 0.717) is 12.5 Å². The van der Waals surface area contributed by atoms with Crippen LogP contribution in [0.15, 0.2) is 16.9 Å². The molecule has 0 aromatic carbocycles. The minimum atomic E-state index is 0.152. The molecule has 1 aliphatic carbocycles. The SMILES string of the molecule is Cc1cnn(C[C@@H]2CN(Cc3nc(C4CC4)no3)CCO2)c1. The van der Waals surface area contributed by atoms with Crippen LogP contribution in [0.4, 0.5) is 0 Å². The largest absolute Gasteiger partial charge is 0.374 e. The average Bonchev–Trinajstić information content (AvgIpc) is 3.13. The van der Waals surface area contributed by atoms with E-state index in [-0.39, 0.29) is 6.10 Å². The number of nitrogens with zero attached hydrogens (tertiary/aromatic N) is 5. The second-order valence-electron chi connectivity index (χ2n) is 6.29. The Kier molecular flexibility index (Phi) is 3.67. The normalized spacial score (nSPS) is 23.0. The van der Waals surface area contributed by atoms with Crippen LogP contribution in [-0.4, -0.2) is 50.6 Å². The minimum absolute atomic E-state index is 0.152. The molecule has 0 amide bonds. The third-order valence-electron chi connectivity index (χ3n) is 4.16. The zero-order chi connectivity index (χ0) is 14.9. The lowest BCUT2D eigenvalue weighted by Gasteiger charge is -2.31. The van der Waals surface area contributed by atoms with E-state index >= 15 is 0 Å². The molecule has 3 heterocycles. The van der Waals surface area contributed by atoms with Gasteiger partial charge < -0.3 is 9.26 Å². The van der Waals surface area contributed by atoms with E-state index in [1.165, 1.54) is 18.4 Å². The molecule has 2 aliphatic rings. The fraction of sp³-hybridized carbons (Fsp3) is 0.667. The van der Waals surface area contributed by atoms with Crippen LogP contribution in [0.1, 0.15) is 36.0 Å². The highest BCUT2D eigenvalue weighted by Crippen LogP contribution is 2.38. The Hall–Kier alpha value is -1.73. The lowest BCUT2D eigenvalue weighted by atomic mass is 10.2. The summed E-state index contributed by atoms with van der Waals surface area (Å²) in [5, 5.41) is 8.40. The summed E-state index contributed by atoms with van der Waals surface area (Å²) in [6.07, 6.45) is 6.46. The predicted molar refractivity (Wildman–Crippen MR) is 78.3 cm³/mol. The van der Waals surface area contributed by atoms with Gasteiger partial charge in [-0.25, -0.2) is 0 Å². The Bertz CT molecular complexity index is 633. The van der Waals surface area contributed by atoms with Crippen LogP contribution in [0.25, 0.3) is 0 Å². The van der Waals surface area contributed by atoms with Gasteiger partial charge in [0.1, 0.15) is 0 Å². The molecule has 4 rings (SSSR count). The fourth-order valence-corrected chi connectivity index (χ4v) is 2.84. The molecule has 1 saturated carbocycles. The van der Waals surface area contributed by atoms with Crippen molar-refractivity contribution in [1.29, 1.82) is 0 Å². The number of ether oxygens (including phenoxy) is 1. The lowest BCUT2D eigenvalue weighted by molar-refractivity contribution is -0.0426. The maximum atomic E-state index is 5.84. The molecule has 2 fully saturated rings. The molecule has 7 heteroatoms. The molecule has 2 aromatic rings. The topological polar surface area (TPSA) is 69.2 Å². The first-order valence-corrected chi connectivity index (χ1v) is 7.92. The molecule has 0 bridgehead atoms. The summed E-state index contributed by atoms with van der Waals surface area (Å²) in [6.45, 7) is 6.02. The van der Waals surface area contributed by atoms with Gasteiger partial charge in [-0.05, 0) is 25.3 Å². The molecule has 0 radical (unpaired) electrons. The third-order valence-corrected chi connectivity index (χ3v) is 4.16. The van der Waals surface area contributed by atoms with E-state index in [9.17, 15) is 0 Å². The first-order chi connectivity index (χ1) is 10.8. The van der Waals surface area contributed by atoms with E-state index in [4.69, 9.17) is 9.26 Å². The van der Waals surface area contributed by atoms with E-state index in [1.54, 1.807) is 0 Å². The van der Waals surface area contributed by atoms with Crippen LogP contribution in [0.5, 0.6) is 0 Å². The zero-order valence-electron chi connectivity index (χ0n) is 12.8. The van der Waals surface area contributed by atoms with Gasteiger partial charge in [-0.3, -0.25) is 9.58 Å². The van der Waals surface area contributed by atoms with Gasteiger partial charge in [0.2, 0.25) is 5.89 Å². The Labute approximate surface area is 129 Å². The number of aromatic nitrogens is 4. The van der Waals surface area contributed by atoms with Gasteiger partial charge in [0, 0.05) is 25.2 Å². The van der Waals surface area contributed by atoms with Crippen molar-refractivity contribution in [3.63, 3.8) is 0 Å². The molecule has 22 heavy (non-hydrogen) atoms. The van der Waals surface area contributed by atoms with Crippen molar-refractivity contribution in [2.75, 3.05) is 19.7 Å². The Balaban J connectivity index is 1.33. The zero-order valence-corrected chi connectivity index (χ0v) is 12.8. The second kappa shape index (κ2) is 5.81. The van der Waals surface area contributed by atoms with Crippen LogP contribution in [0, 0.1) is 6.92 Å². The van der Waals surface area contributed by atoms with E-state index in [1.807, 2.05) is 24.0 Å².